The zero-order chi connectivity index (χ0) is 21.3. The van der Waals surface area contributed by atoms with Gasteiger partial charge in [-0.25, -0.2) is 4.79 Å². The maximum atomic E-state index is 12.7. The standard InChI is InChI=1S/C21H26N4O5/c1-21(2,3)30-20(27)25-9-8-15-14(11-25)18(24-23-15)19(26)22-10-13-12-28-16-6-4-5-7-17(16)29-13/h4-7,13H,8-12H2,1-3H3,(H,22,26)(H,23,24). The highest BCUT2D eigenvalue weighted by molar-refractivity contribution is 5.94. The van der Waals surface area contributed by atoms with Crippen LogP contribution in [0.3, 0.4) is 0 Å². The molecule has 1 aromatic heterocycles. The highest BCUT2D eigenvalue weighted by atomic mass is 16.6. The van der Waals surface area contributed by atoms with E-state index in [2.05, 4.69) is 15.5 Å². The van der Waals surface area contributed by atoms with Gasteiger partial charge in [0.25, 0.3) is 5.91 Å². The number of rotatable bonds is 3. The van der Waals surface area contributed by atoms with Crippen molar-refractivity contribution in [3.05, 3.63) is 41.2 Å². The minimum absolute atomic E-state index is 0.278. The van der Waals surface area contributed by atoms with Crippen molar-refractivity contribution in [1.82, 2.24) is 20.4 Å². The van der Waals surface area contributed by atoms with E-state index >= 15 is 0 Å². The number of fused-ring (bicyclic) bond motifs is 2. The second-order valence-electron chi connectivity index (χ2n) is 8.39. The normalized spacial score (nSPS) is 17.8. The fraction of sp³-hybridized carbons (Fsp3) is 0.476. The molecular weight excluding hydrogens is 388 g/mol. The number of hydrogen-bond acceptors (Lipinski definition) is 6. The molecule has 2 amide bonds. The van der Waals surface area contributed by atoms with Crippen LogP contribution < -0.4 is 14.8 Å². The average molecular weight is 414 g/mol. The molecule has 0 radical (unpaired) electrons. The first kappa shape index (κ1) is 20.1. The van der Waals surface area contributed by atoms with Gasteiger partial charge in [-0.3, -0.25) is 9.89 Å². The lowest BCUT2D eigenvalue weighted by atomic mass is 10.1. The van der Waals surface area contributed by atoms with Crippen molar-refractivity contribution in [2.24, 2.45) is 0 Å². The number of hydrogen-bond donors (Lipinski definition) is 2. The van der Waals surface area contributed by atoms with Gasteiger partial charge in [0.1, 0.15) is 18.3 Å². The van der Waals surface area contributed by atoms with Gasteiger partial charge in [0.15, 0.2) is 17.2 Å². The molecule has 2 aliphatic rings. The van der Waals surface area contributed by atoms with Crippen molar-refractivity contribution >= 4 is 12.0 Å². The Bertz CT molecular complexity index is 949. The van der Waals surface area contributed by atoms with Crippen LogP contribution in [0.1, 0.15) is 42.5 Å². The molecule has 9 heteroatoms. The van der Waals surface area contributed by atoms with Crippen LogP contribution in [0.25, 0.3) is 0 Å². The minimum atomic E-state index is -0.575. The average Bonchev–Trinajstić information content (AvgIpc) is 3.14. The Morgan fingerprint density at radius 2 is 2.07 bits per heavy atom. The van der Waals surface area contributed by atoms with Crippen molar-refractivity contribution in [2.45, 2.75) is 45.4 Å². The summed E-state index contributed by atoms with van der Waals surface area (Å²) < 4.78 is 17.0. The summed E-state index contributed by atoms with van der Waals surface area (Å²) in [7, 11) is 0. The third kappa shape index (κ3) is 4.34. The topological polar surface area (TPSA) is 106 Å². The van der Waals surface area contributed by atoms with Gasteiger partial charge in [-0.2, -0.15) is 5.10 Å². The minimum Gasteiger partial charge on any atom is -0.486 e. The molecule has 0 fully saturated rings. The molecular formula is C21H26N4O5. The molecule has 0 saturated carbocycles. The van der Waals surface area contributed by atoms with Gasteiger partial charge in [-0.1, -0.05) is 12.1 Å². The van der Waals surface area contributed by atoms with Crippen LogP contribution in [0.15, 0.2) is 24.3 Å². The summed E-state index contributed by atoms with van der Waals surface area (Å²) in [5, 5.41) is 9.96. The molecule has 0 aliphatic carbocycles. The summed E-state index contributed by atoms with van der Waals surface area (Å²) in [6.45, 7) is 6.90. The smallest absolute Gasteiger partial charge is 0.410 e. The van der Waals surface area contributed by atoms with Crippen LogP contribution >= 0.6 is 0 Å². The number of carbonyl (C=O) groups excluding carboxylic acids is 2. The molecule has 1 unspecified atom stereocenters. The first-order chi connectivity index (χ1) is 14.3. The molecule has 3 heterocycles. The lowest BCUT2D eigenvalue weighted by Crippen LogP contribution is -2.42. The number of nitrogens with one attached hydrogen (secondary N) is 2. The lowest BCUT2D eigenvalue weighted by molar-refractivity contribution is 0.0222. The van der Waals surface area contributed by atoms with Crippen LogP contribution in [-0.4, -0.2) is 58.5 Å². The second kappa shape index (κ2) is 7.89. The fourth-order valence-electron chi connectivity index (χ4n) is 3.42. The molecule has 9 nitrogen and oxygen atoms in total. The van der Waals surface area contributed by atoms with E-state index in [1.54, 1.807) is 4.90 Å². The number of aromatic nitrogens is 2. The summed E-state index contributed by atoms with van der Waals surface area (Å²) in [5.74, 6) is 1.04. The van der Waals surface area contributed by atoms with Gasteiger partial charge in [-0.05, 0) is 32.9 Å². The zero-order valence-corrected chi connectivity index (χ0v) is 17.4. The van der Waals surface area contributed by atoms with Gasteiger partial charge >= 0.3 is 6.09 Å². The Morgan fingerprint density at radius 1 is 1.30 bits per heavy atom. The van der Waals surface area contributed by atoms with Crippen LogP contribution in [-0.2, 0) is 17.7 Å². The predicted molar refractivity (Wildman–Crippen MR) is 108 cm³/mol. The first-order valence-electron chi connectivity index (χ1n) is 10.0. The molecule has 1 aromatic carbocycles. The molecule has 2 N–H and O–H groups in total. The number of carbonyl (C=O) groups is 2. The molecule has 1 atom stereocenters. The molecule has 160 valence electrons. The maximum absolute atomic E-state index is 12.7. The van der Waals surface area contributed by atoms with E-state index in [1.807, 2.05) is 45.0 Å². The van der Waals surface area contributed by atoms with Crippen LogP contribution in [0.4, 0.5) is 4.79 Å². The summed E-state index contributed by atoms with van der Waals surface area (Å²) in [6.07, 6.45) is -0.102. The zero-order valence-electron chi connectivity index (χ0n) is 17.4. The summed E-state index contributed by atoms with van der Waals surface area (Å²) in [4.78, 5) is 26.7. The third-order valence-corrected chi connectivity index (χ3v) is 4.86. The molecule has 0 spiro atoms. The summed E-state index contributed by atoms with van der Waals surface area (Å²) >= 11 is 0. The number of ether oxygens (including phenoxy) is 3. The largest absolute Gasteiger partial charge is 0.486 e. The first-order valence-corrected chi connectivity index (χ1v) is 10.0. The van der Waals surface area contributed by atoms with Gasteiger partial charge < -0.3 is 24.4 Å². The summed E-state index contributed by atoms with van der Waals surface area (Å²) in [6, 6.07) is 7.43. The van der Waals surface area contributed by atoms with Crippen molar-refractivity contribution in [3.8, 4) is 11.5 Å². The molecule has 30 heavy (non-hydrogen) atoms. The maximum Gasteiger partial charge on any atom is 0.410 e. The number of nitrogens with zero attached hydrogens (tertiary/aromatic N) is 2. The van der Waals surface area contributed by atoms with Crippen molar-refractivity contribution < 1.29 is 23.8 Å². The van der Waals surface area contributed by atoms with Crippen molar-refractivity contribution in [1.29, 1.82) is 0 Å². The Labute approximate surface area is 174 Å². The second-order valence-corrected chi connectivity index (χ2v) is 8.39. The monoisotopic (exact) mass is 414 g/mol. The Hall–Kier alpha value is -3.23. The highest BCUT2D eigenvalue weighted by Gasteiger charge is 2.31. The van der Waals surface area contributed by atoms with Crippen molar-refractivity contribution in [2.75, 3.05) is 19.7 Å². The number of aromatic amines is 1. The molecule has 4 rings (SSSR count). The van der Waals surface area contributed by atoms with Crippen LogP contribution in [0.5, 0.6) is 11.5 Å². The van der Waals surface area contributed by atoms with Gasteiger partial charge in [0.2, 0.25) is 0 Å². The Morgan fingerprint density at radius 3 is 2.83 bits per heavy atom. The SMILES string of the molecule is CC(C)(C)OC(=O)N1CCc2[nH]nc(C(=O)NCC3COc4ccccc4O3)c2C1. The van der Waals surface area contributed by atoms with E-state index in [0.29, 0.717) is 31.1 Å². The van der Waals surface area contributed by atoms with E-state index in [-0.39, 0.29) is 30.8 Å². The molecule has 2 aliphatic heterocycles. The number of para-hydroxylation sites is 2. The van der Waals surface area contributed by atoms with E-state index in [0.717, 1.165) is 11.3 Å². The quantitative estimate of drug-likeness (QED) is 0.798. The number of amides is 2. The van der Waals surface area contributed by atoms with Gasteiger partial charge in [0.05, 0.1) is 13.1 Å². The molecule has 2 aromatic rings. The molecule has 0 bridgehead atoms. The summed E-state index contributed by atoms with van der Waals surface area (Å²) in [5.41, 5.74) is 1.30. The Balaban J connectivity index is 1.37. The fourth-order valence-corrected chi connectivity index (χ4v) is 3.42. The van der Waals surface area contributed by atoms with Gasteiger partial charge in [0, 0.05) is 24.2 Å². The van der Waals surface area contributed by atoms with Gasteiger partial charge in [-0.15, -0.1) is 0 Å². The number of H-pyrrole nitrogens is 1. The highest BCUT2D eigenvalue weighted by Crippen LogP contribution is 2.30. The van der Waals surface area contributed by atoms with Crippen LogP contribution in [0.2, 0.25) is 0 Å². The van der Waals surface area contributed by atoms with E-state index in [1.165, 1.54) is 0 Å². The van der Waals surface area contributed by atoms with E-state index in [9.17, 15) is 9.59 Å². The lowest BCUT2D eigenvalue weighted by Gasteiger charge is -2.30. The predicted octanol–water partition coefficient (Wildman–Crippen LogP) is 2.27. The van der Waals surface area contributed by atoms with Crippen LogP contribution in [0, 0.1) is 0 Å². The van der Waals surface area contributed by atoms with Crippen molar-refractivity contribution in [3.63, 3.8) is 0 Å². The molecule has 0 saturated heterocycles. The number of benzene rings is 1. The Kier molecular flexibility index (Phi) is 5.27. The third-order valence-electron chi connectivity index (χ3n) is 4.86. The van der Waals surface area contributed by atoms with E-state index < -0.39 is 11.7 Å². The van der Waals surface area contributed by atoms with E-state index in [4.69, 9.17) is 14.2 Å².